The van der Waals surface area contributed by atoms with E-state index in [1.165, 1.54) is 0 Å². The van der Waals surface area contributed by atoms with Gasteiger partial charge in [0, 0.05) is 6.04 Å². The van der Waals surface area contributed by atoms with E-state index in [1.54, 1.807) is 0 Å². The van der Waals surface area contributed by atoms with Crippen LogP contribution >= 0.6 is 27.5 Å². The normalized spacial score (nSPS) is 21.7. The van der Waals surface area contributed by atoms with Crippen molar-refractivity contribution < 1.29 is 12.8 Å². The quantitative estimate of drug-likeness (QED) is 0.601. The minimum atomic E-state index is -4.02. The van der Waals surface area contributed by atoms with Gasteiger partial charge >= 0.3 is 0 Å². The molecule has 4 nitrogen and oxygen atoms in total. The molecule has 1 aliphatic rings. The summed E-state index contributed by atoms with van der Waals surface area (Å²) in [6.07, 6.45) is 2.59. The number of sulfonamides is 1. The molecule has 0 saturated heterocycles. The zero-order chi connectivity index (χ0) is 16.0. The maximum atomic E-state index is 14.2. The number of nitrogens with one attached hydrogen (secondary N) is 1. The lowest BCUT2D eigenvalue weighted by Crippen LogP contribution is -2.41. The Morgan fingerprint density at radius 2 is 2.14 bits per heavy atom. The van der Waals surface area contributed by atoms with E-state index in [4.69, 9.17) is 17.3 Å². The van der Waals surface area contributed by atoms with Crippen LogP contribution in [-0.4, -0.2) is 14.5 Å². The molecule has 1 atom stereocenters. The van der Waals surface area contributed by atoms with Crippen molar-refractivity contribution in [3.8, 4) is 0 Å². The zero-order valence-electron chi connectivity index (χ0n) is 11.7. The number of hydrogen-bond acceptors (Lipinski definition) is 3. The molecule has 2 rings (SSSR count). The molecule has 0 radical (unpaired) electrons. The Balaban J connectivity index is 2.41. The first-order valence-electron chi connectivity index (χ1n) is 6.51. The molecule has 0 amide bonds. The maximum Gasteiger partial charge on any atom is 0.243 e. The van der Waals surface area contributed by atoms with Crippen molar-refractivity contribution in [2.45, 2.75) is 44.0 Å². The lowest BCUT2D eigenvalue weighted by molar-refractivity contribution is 0.312. The van der Waals surface area contributed by atoms with Crippen LogP contribution in [0.5, 0.6) is 0 Å². The molecular formula is C13H17BrClFN2O2S. The summed E-state index contributed by atoms with van der Waals surface area (Å²) < 4.78 is 41.8. The van der Waals surface area contributed by atoms with Gasteiger partial charge < -0.3 is 5.73 Å². The van der Waals surface area contributed by atoms with Crippen LogP contribution in [0.4, 0.5) is 10.1 Å². The second kappa shape index (κ2) is 5.68. The van der Waals surface area contributed by atoms with E-state index in [0.29, 0.717) is 0 Å². The predicted molar refractivity (Wildman–Crippen MR) is 85.3 cm³/mol. The monoisotopic (exact) mass is 398 g/mol. The first-order valence-corrected chi connectivity index (χ1v) is 9.17. The van der Waals surface area contributed by atoms with Gasteiger partial charge in [-0.25, -0.2) is 17.5 Å². The summed E-state index contributed by atoms with van der Waals surface area (Å²) in [6, 6.07) is 0.840. The second-order valence-corrected chi connectivity index (χ2v) is 8.84. The van der Waals surface area contributed by atoms with Gasteiger partial charge in [0.2, 0.25) is 10.0 Å². The molecule has 118 valence electrons. The van der Waals surface area contributed by atoms with E-state index >= 15 is 0 Å². The highest BCUT2D eigenvalue weighted by atomic mass is 79.9. The van der Waals surface area contributed by atoms with Gasteiger partial charge in [-0.2, -0.15) is 0 Å². The summed E-state index contributed by atoms with van der Waals surface area (Å²) in [6.45, 7) is 3.99. The van der Waals surface area contributed by atoms with E-state index in [-0.39, 0.29) is 26.6 Å². The Morgan fingerprint density at radius 1 is 1.52 bits per heavy atom. The van der Waals surface area contributed by atoms with Crippen molar-refractivity contribution in [2.75, 3.05) is 5.73 Å². The van der Waals surface area contributed by atoms with E-state index in [2.05, 4.69) is 20.7 Å². The molecule has 1 aromatic carbocycles. The molecule has 1 fully saturated rings. The van der Waals surface area contributed by atoms with E-state index in [9.17, 15) is 12.8 Å². The molecule has 1 saturated carbocycles. The fraction of sp³-hybridized carbons (Fsp3) is 0.538. The van der Waals surface area contributed by atoms with E-state index in [0.717, 1.165) is 25.3 Å². The Labute approximate surface area is 137 Å². The van der Waals surface area contributed by atoms with Crippen LogP contribution in [0.15, 0.2) is 15.4 Å². The number of halogens is 3. The van der Waals surface area contributed by atoms with Crippen molar-refractivity contribution in [3.63, 3.8) is 0 Å². The average Bonchev–Trinajstić information content (AvgIpc) is 2.70. The van der Waals surface area contributed by atoms with Gasteiger partial charge in [0.05, 0.1) is 15.2 Å². The third kappa shape index (κ3) is 3.21. The Morgan fingerprint density at radius 3 is 2.67 bits per heavy atom. The van der Waals surface area contributed by atoms with Crippen LogP contribution in [0.25, 0.3) is 0 Å². The summed E-state index contributed by atoms with van der Waals surface area (Å²) in [5.74, 6) is -0.991. The number of nitrogen functional groups attached to an aromatic ring is 1. The first-order chi connectivity index (χ1) is 9.56. The molecule has 3 N–H and O–H groups in total. The van der Waals surface area contributed by atoms with Gasteiger partial charge in [0.1, 0.15) is 4.90 Å². The van der Waals surface area contributed by atoms with Gasteiger partial charge in [0.15, 0.2) is 5.82 Å². The molecule has 8 heteroatoms. The minimum Gasteiger partial charge on any atom is -0.395 e. The van der Waals surface area contributed by atoms with Crippen molar-refractivity contribution in [1.82, 2.24) is 4.72 Å². The van der Waals surface area contributed by atoms with E-state index in [1.807, 2.05) is 13.8 Å². The Bertz CT molecular complexity index is 679. The van der Waals surface area contributed by atoms with Crippen LogP contribution in [0.3, 0.4) is 0 Å². The third-order valence-corrected chi connectivity index (χ3v) is 6.85. The molecule has 21 heavy (non-hydrogen) atoms. The number of anilines is 1. The summed E-state index contributed by atoms with van der Waals surface area (Å²) in [5, 5.41) is 0.0555. The van der Waals surface area contributed by atoms with Gasteiger partial charge in [-0.15, -0.1) is 0 Å². The van der Waals surface area contributed by atoms with Gasteiger partial charge in [-0.3, -0.25) is 0 Å². The highest BCUT2D eigenvalue weighted by molar-refractivity contribution is 9.10. The zero-order valence-corrected chi connectivity index (χ0v) is 14.9. The Hall–Kier alpha value is -0.370. The van der Waals surface area contributed by atoms with Crippen LogP contribution in [0, 0.1) is 11.2 Å². The maximum absolute atomic E-state index is 14.2. The van der Waals surface area contributed by atoms with Crippen LogP contribution < -0.4 is 10.5 Å². The van der Waals surface area contributed by atoms with Gasteiger partial charge in [0.25, 0.3) is 0 Å². The highest BCUT2D eigenvalue weighted by Crippen LogP contribution is 2.39. The number of rotatable bonds is 3. The molecule has 1 aromatic rings. The van der Waals surface area contributed by atoms with Crippen molar-refractivity contribution in [1.29, 1.82) is 0 Å². The minimum absolute atomic E-state index is 0.0555. The molecule has 0 aliphatic heterocycles. The first kappa shape index (κ1) is 17.0. The van der Waals surface area contributed by atoms with Crippen LogP contribution in [-0.2, 0) is 10.0 Å². The molecule has 1 aliphatic carbocycles. The van der Waals surface area contributed by atoms with Crippen molar-refractivity contribution in [3.05, 3.63) is 21.4 Å². The largest absolute Gasteiger partial charge is 0.395 e. The van der Waals surface area contributed by atoms with Gasteiger partial charge in [-0.1, -0.05) is 31.9 Å². The fourth-order valence-corrected chi connectivity index (χ4v) is 4.71. The number of benzene rings is 1. The molecule has 0 heterocycles. The highest BCUT2D eigenvalue weighted by Gasteiger charge is 2.38. The lowest BCUT2D eigenvalue weighted by atomic mass is 9.88. The smallest absolute Gasteiger partial charge is 0.243 e. The topological polar surface area (TPSA) is 72.2 Å². The third-order valence-electron chi connectivity index (χ3n) is 4.00. The number of nitrogens with two attached hydrogens (primary N) is 1. The van der Waals surface area contributed by atoms with Crippen LogP contribution in [0.1, 0.15) is 33.1 Å². The summed E-state index contributed by atoms with van der Waals surface area (Å²) in [5.41, 5.74) is 5.07. The molecular weight excluding hydrogens is 383 g/mol. The second-order valence-electron chi connectivity index (χ2n) is 5.95. The lowest BCUT2D eigenvalue weighted by Gasteiger charge is -2.27. The summed E-state index contributed by atoms with van der Waals surface area (Å²) in [4.78, 5) is -0.518. The van der Waals surface area contributed by atoms with Crippen LogP contribution in [0.2, 0.25) is 5.02 Å². The summed E-state index contributed by atoms with van der Waals surface area (Å²) >= 11 is 8.91. The number of hydrogen-bond donors (Lipinski definition) is 2. The van der Waals surface area contributed by atoms with E-state index < -0.39 is 20.7 Å². The molecule has 0 bridgehead atoms. The van der Waals surface area contributed by atoms with Gasteiger partial charge in [-0.05, 0) is 40.3 Å². The SMILES string of the molecule is CC1(C)CCCC1NS(=O)(=O)c1cc(Cl)c(Br)c(N)c1F. The molecule has 0 aromatic heterocycles. The predicted octanol–water partition coefficient (Wildman–Crippen LogP) is 3.68. The molecule has 1 unspecified atom stereocenters. The Kier molecular flexibility index (Phi) is 4.60. The van der Waals surface area contributed by atoms with Crippen molar-refractivity contribution >= 4 is 43.2 Å². The fourth-order valence-electron chi connectivity index (χ4n) is 2.59. The molecule has 0 spiro atoms. The summed E-state index contributed by atoms with van der Waals surface area (Å²) in [7, 11) is -4.02. The standard InChI is InChI=1S/C13H17BrClFN2O2S/c1-13(2)5-3-4-9(13)18-21(19,20)8-6-7(15)10(14)12(17)11(8)16/h6,9,18H,3-5,17H2,1-2H3. The van der Waals surface area contributed by atoms with Crippen molar-refractivity contribution in [2.24, 2.45) is 5.41 Å². The average molecular weight is 400 g/mol.